The lowest BCUT2D eigenvalue weighted by Gasteiger charge is -2.09. The number of anilines is 2. The van der Waals surface area contributed by atoms with Crippen molar-refractivity contribution in [2.45, 2.75) is 6.92 Å². The maximum absolute atomic E-state index is 12.2. The molecule has 0 radical (unpaired) electrons. The summed E-state index contributed by atoms with van der Waals surface area (Å²) in [7, 11) is 0. The SMILES string of the molecule is CC(=O)Nc1cccc(NC(=O)c2ccc(Br)cc2Cl)c1. The molecule has 0 bridgehead atoms. The molecule has 0 saturated heterocycles. The molecule has 2 aromatic rings. The fourth-order valence-electron chi connectivity index (χ4n) is 1.75. The van der Waals surface area contributed by atoms with Crippen molar-refractivity contribution in [3.05, 3.63) is 57.5 Å². The number of carbonyl (C=O) groups is 2. The van der Waals surface area contributed by atoms with Gasteiger partial charge in [-0.2, -0.15) is 0 Å². The molecule has 0 saturated carbocycles. The molecule has 108 valence electrons. The summed E-state index contributed by atoms with van der Waals surface area (Å²) < 4.78 is 0.803. The molecule has 0 atom stereocenters. The molecular weight excluding hydrogens is 356 g/mol. The average molecular weight is 368 g/mol. The minimum Gasteiger partial charge on any atom is -0.326 e. The lowest BCUT2D eigenvalue weighted by molar-refractivity contribution is -0.114. The zero-order chi connectivity index (χ0) is 15.4. The summed E-state index contributed by atoms with van der Waals surface area (Å²) in [6, 6.07) is 11.9. The topological polar surface area (TPSA) is 58.2 Å². The highest BCUT2D eigenvalue weighted by atomic mass is 79.9. The lowest BCUT2D eigenvalue weighted by Crippen LogP contribution is -2.13. The van der Waals surface area contributed by atoms with Crippen LogP contribution in [-0.4, -0.2) is 11.8 Å². The summed E-state index contributed by atoms with van der Waals surface area (Å²) in [5.74, 6) is -0.484. The van der Waals surface area contributed by atoms with Crippen molar-refractivity contribution in [3.63, 3.8) is 0 Å². The van der Waals surface area contributed by atoms with E-state index in [2.05, 4.69) is 26.6 Å². The van der Waals surface area contributed by atoms with Crippen molar-refractivity contribution in [1.29, 1.82) is 0 Å². The first-order chi connectivity index (χ1) is 9.95. The highest BCUT2D eigenvalue weighted by Gasteiger charge is 2.11. The smallest absolute Gasteiger partial charge is 0.257 e. The van der Waals surface area contributed by atoms with Gasteiger partial charge >= 0.3 is 0 Å². The minimum atomic E-state index is -0.313. The third kappa shape index (κ3) is 4.31. The normalized spacial score (nSPS) is 10.0. The van der Waals surface area contributed by atoms with Gasteiger partial charge in [0.25, 0.3) is 5.91 Å². The van der Waals surface area contributed by atoms with Crippen molar-refractivity contribution >= 4 is 50.7 Å². The number of carbonyl (C=O) groups excluding carboxylic acids is 2. The Morgan fingerprint density at radius 2 is 1.71 bits per heavy atom. The van der Waals surface area contributed by atoms with Crippen LogP contribution in [0.2, 0.25) is 5.02 Å². The van der Waals surface area contributed by atoms with E-state index in [1.165, 1.54) is 6.92 Å². The molecule has 0 aliphatic heterocycles. The lowest BCUT2D eigenvalue weighted by atomic mass is 10.2. The van der Waals surface area contributed by atoms with Gasteiger partial charge in [-0.3, -0.25) is 9.59 Å². The fourth-order valence-corrected chi connectivity index (χ4v) is 2.51. The third-order valence-corrected chi connectivity index (χ3v) is 3.42. The Balaban J connectivity index is 2.17. The van der Waals surface area contributed by atoms with E-state index in [1.807, 2.05) is 0 Å². The van der Waals surface area contributed by atoms with Crippen LogP contribution >= 0.6 is 27.5 Å². The van der Waals surface area contributed by atoms with E-state index in [0.717, 1.165) is 4.47 Å². The first-order valence-corrected chi connectivity index (χ1v) is 7.27. The summed E-state index contributed by atoms with van der Waals surface area (Å²) in [6.07, 6.45) is 0. The maximum atomic E-state index is 12.2. The first kappa shape index (κ1) is 15.5. The molecule has 0 spiro atoms. The molecule has 21 heavy (non-hydrogen) atoms. The van der Waals surface area contributed by atoms with Crippen LogP contribution in [0.25, 0.3) is 0 Å². The molecule has 2 N–H and O–H groups in total. The van der Waals surface area contributed by atoms with Crippen LogP contribution in [0.1, 0.15) is 17.3 Å². The zero-order valence-corrected chi connectivity index (χ0v) is 13.5. The molecule has 2 aromatic carbocycles. The Kier molecular flexibility index (Phi) is 4.98. The number of amides is 2. The number of hydrogen-bond acceptors (Lipinski definition) is 2. The van der Waals surface area contributed by atoms with Gasteiger partial charge in [-0.1, -0.05) is 33.6 Å². The van der Waals surface area contributed by atoms with E-state index in [1.54, 1.807) is 42.5 Å². The molecule has 2 amide bonds. The number of rotatable bonds is 3. The first-order valence-electron chi connectivity index (χ1n) is 6.10. The molecular formula is C15H12BrClN2O2. The van der Waals surface area contributed by atoms with Crippen LogP contribution < -0.4 is 10.6 Å². The highest BCUT2D eigenvalue weighted by molar-refractivity contribution is 9.10. The van der Waals surface area contributed by atoms with Gasteiger partial charge in [0.05, 0.1) is 10.6 Å². The van der Waals surface area contributed by atoms with E-state index >= 15 is 0 Å². The van der Waals surface area contributed by atoms with Gasteiger partial charge in [0.1, 0.15) is 0 Å². The molecule has 2 rings (SSSR count). The van der Waals surface area contributed by atoms with E-state index in [9.17, 15) is 9.59 Å². The second-order valence-electron chi connectivity index (χ2n) is 4.34. The van der Waals surface area contributed by atoms with Gasteiger partial charge in [0, 0.05) is 22.8 Å². The largest absolute Gasteiger partial charge is 0.326 e. The summed E-state index contributed by atoms with van der Waals surface area (Å²) >= 11 is 9.33. The second kappa shape index (κ2) is 6.74. The molecule has 0 aliphatic carbocycles. The van der Waals surface area contributed by atoms with Crippen LogP contribution in [0.3, 0.4) is 0 Å². The van der Waals surface area contributed by atoms with Crippen LogP contribution in [-0.2, 0) is 4.79 Å². The Morgan fingerprint density at radius 1 is 1.05 bits per heavy atom. The monoisotopic (exact) mass is 366 g/mol. The van der Waals surface area contributed by atoms with E-state index < -0.39 is 0 Å². The molecule has 0 aliphatic rings. The molecule has 4 nitrogen and oxygen atoms in total. The van der Waals surface area contributed by atoms with Crippen LogP contribution in [0.4, 0.5) is 11.4 Å². The number of hydrogen-bond donors (Lipinski definition) is 2. The summed E-state index contributed by atoms with van der Waals surface area (Å²) in [5.41, 5.74) is 1.57. The highest BCUT2D eigenvalue weighted by Crippen LogP contribution is 2.23. The molecule has 0 unspecified atom stereocenters. The van der Waals surface area contributed by atoms with Crippen molar-refractivity contribution in [1.82, 2.24) is 0 Å². The molecule has 0 heterocycles. The van der Waals surface area contributed by atoms with Gasteiger partial charge < -0.3 is 10.6 Å². The van der Waals surface area contributed by atoms with E-state index in [-0.39, 0.29) is 11.8 Å². The Bertz CT molecular complexity index is 704. The van der Waals surface area contributed by atoms with Gasteiger partial charge in [0.2, 0.25) is 5.91 Å². The predicted octanol–water partition coefficient (Wildman–Crippen LogP) is 4.31. The summed E-state index contributed by atoms with van der Waals surface area (Å²) in [5, 5.41) is 5.76. The maximum Gasteiger partial charge on any atom is 0.257 e. The fraction of sp³-hybridized carbons (Fsp3) is 0.0667. The Labute approximate surface area is 135 Å². The van der Waals surface area contributed by atoms with Gasteiger partial charge in [0.15, 0.2) is 0 Å². The van der Waals surface area contributed by atoms with E-state index in [0.29, 0.717) is 22.0 Å². The Hall–Kier alpha value is -1.85. The van der Waals surface area contributed by atoms with Crippen molar-refractivity contribution in [2.24, 2.45) is 0 Å². The predicted molar refractivity (Wildman–Crippen MR) is 87.9 cm³/mol. The van der Waals surface area contributed by atoms with Gasteiger partial charge in [-0.25, -0.2) is 0 Å². The number of halogens is 2. The third-order valence-electron chi connectivity index (χ3n) is 2.62. The quantitative estimate of drug-likeness (QED) is 0.849. The number of nitrogens with one attached hydrogen (secondary N) is 2. The van der Waals surface area contributed by atoms with Crippen molar-refractivity contribution in [2.75, 3.05) is 10.6 Å². The summed E-state index contributed by atoms with van der Waals surface area (Å²) in [4.78, 5) is 23.2. The average Bonchev–Trinajstić information content (AvgIpc) is 2.37. The molecule has 6 heteroatoms. The van der Waals surface area contributed by atoms with Gasteiger partial charge in [-0.15, -0.1) is 0 Å². The molecule has 0 aromatic heterocycles. The molecule has 0 fully saturated rings. The van der Waals surface area contributed by atoms with Crippen LogP contribution in [0.15, 0.2) is 46.9 Å². The van der Waals surface area contributed by atoms with Gasteiger partial charge in [-0.05, 0) is 36.4 Å². The van der Waals surface area contributed by atoms with E-state index in [4.69, 9.17) is 11.6 Å². The minimum absolute atomic E-state index is 0.172. The Morgan fingerprint density at radius 3 is 2.33 bits per heavy atom. The summed E-state index contributed by atoms with van der Waals surface area (Å²) in [6.45, 7) is 1.42. The van der Waals surface area contributed by atoms with Crippen LogP contribution in [0.5, 0.6) is 0 Å². The van der Waals surface area contributed by atoms with Crippen LogP contribution in [0, 0.1) is 0 Å². The second-order valence-corrected chi connectivity index (χ2v) is 5.66. The van der Waals surface area contributed by atoms with Crippen molar-refractivity contribution < 1.29 is 9.59 Å². The standard InChI is InChI=1S/C15H12BrClN2O2/c1-9(20)18-11-3-2-4-12(8-11)19-15(21)13-6-5-10(16)7-14(13)17/h2-8H,1H3,(H,18,20)(H,19,21). The van der Waals surface area contributed by atoms with Crippen molar-refractivity contribution in [3.8, 4) is 0 Å². The number of benzene rings is 2. The zero-order valence-electron chi connectivity index (χ0n) is 11.1.